The Kier molecular flexibility index (Phi) is 8.71. The molecular weight excluding hydrogens is 289 g/mol. The van der Waals surface area contributed by atoms with Gasteiger partial charge in [0.1, 0.15) is 5.69 Å². The molecule has 0 atom stereocenters. The second-order valence-electron chi connectivity index (χ2n) is 3.29. The number of hydrogen-bond donors (Lipinski definition) is 2. The summed E-state index contributed by atoms with van der Waals surface area (Å²) in [5, 5.41) is 2.04. The zero-order chi connectivity index (χ0) is 12.2. The third kappa shape index (κ3) is 6.04. The van der Waals surface area contributed by atoms with Gasteiger partial charge in [-0.1, -0.05) is 0 Å². The summed E-state index contributed by atoms with van der Waals surface area (Å²) in [6.45, 7) is 0.0853. The number of nitrogens with two attached hydrogens (primary N) is 1. The number of nitrogens with zero attached hydrogens (tertiary/aromatic N) is 2. The molecule has 0 spiro atoms. The Bertz CT molecular complexity index is 375. The molecule has 0 unspecified atom stereocenters. The maximum absolute atomic E-state index is 12.7. The number of carbonyl (C=O) groups is 1. The molecule has 0 fully saturated rings. The average molecular weight is 303 g/mol. The summed E-state index contributed by atoms with van der Waals surface area (Å²) in [6, 6.07) is 0. The van der Waals surface area contributed by atoms with Crippen molar-refractivity contribution in [1.82, 2.24) is 15.3 Å². The van der Waals surface area contributed by atoms with E-state index in [2.05, 4.69) is 9.97 Å². The highest BCUT2D eigenvalue weighted by Gasteiger charge is 2.27. The Labute approximate surface area is 115 Å². The topological polar surface area (TPSA) is 80.9 Å². The molecule has 1 rings (SSSR count). The number of rotatable bonds is 4. The Morgan fingerprint density at radius 1 is 1.39 bits per heavy atom. The van der Waals surface area contributed by atoms with Gasteiger partial charge in [0.05, 0.1) is 25.0 Å². The number of alkyl halides is 2. The molecule has 0 aliphatic carbocycles. The Hall–Kier alpha value is -1.05. The van der Waals surface area contributed by atoms with Crippen LogP contribution in [0.25, 0.3) is 0 Å². The zero-order valence-electron chi connectivity index (χ0n) is 9.52. The number of amides is 1. The van der Waals surface area contributed by atoms with E-state index >= 15 is 0 Å². The zero-order valence-corrected chi connectivity index (χ0v) is 11.2. The van der Waals surface area contributed by atoms with Gasteiger partial charge in [-0.05, 0) is 6.92 Å². The lowest BCUT2D eigenvalue weighted by molar-refractivity contribution is 0.0118. The molecule has 0 aliphatic heterocycles. The van der Waals surface area contributed by atoms with E-state index in [9.17, 15) is 13.6 Å². The Morgan fingerprint density at radius 3 is 2.44 bits per heavy atom. The first kappa shape index (κ1) is 19.3. The van der Waals surface area contributed by atoms with E-state index in [1.54, 1.807) is 6.92 Å². The average Bonchev–Trinajstić information content (AvgIpc) is 2.27. The SMILES string of the molecule is Cc1cnc(C(=O)NCC(F)(F)CN)cn1.Cl.Cl. The Balaban J connectivity index is 0. The van der Waals surface area contributed by atoms with Crippen LogP contribution in [0.4, 0.5) is 8.78 Å². The lowest BCUT2D eigenvalue weighted by Crippen LogP contribution is -2.41. The summed E-state index contributed by atoms with van der Waals surface area (Å²) >= 11 is 0. The molecule has 1 heterocycles. The van der Waals surface area contributed by atoms with Crippen molar-refractivity contribution < 1.29 is 13.6 Å². The van der Waals surface area contributed by atoms with Crippen LogP contribution in [0.15, 0.2) is 12.4 Å². The summed E-state index contributed by atoms with van der Waals surface area (Å²) < 4.78 is 25.4. The van der Waals surface area contributed by atoms with Crippen molar-refractivity contribution in [3.05, 3.63) is 23.8 Å². The van der Waals surface area contributed by atoms with Crippen molar-refractivity contribution in [2.45, 2.75) is 12.8 Å². The first-order valence-corrected chi connectivity index (χ1v) is 4.59. The normalized spacial score (nSPS) is 10.0. The second kappa shape index (κ2) is 8.12. The quantitative estimate of drug-likeness (QED) is 0.868. The molecule has 0 radical (unpaired) electrons. The molecular formula is C9H14Cl2F2N4O. The van der Waals surface area contributed by atoms with Crippen molar-refractivity contribution in [3.63, 3.8) is 0 Å². The Morgan fingerprint density at radius 2 is 2.00 bits per heavy atom. The fourth-order valence-corrected chi connectivity index (χ4v) is 0.882. The van der Waals surface area contributed by atoms with Crippen LogP contribution in [0, 0.1) is 6.92 Å². The fourth-order valence-electron chi connectivity index (χ4n) is 0.882. The summed E-state index contributed by atoms with van der Waals surface area (Å²) in [4.78, 5) is 18.9. The van der Waals surface area contributed by atoms with E-state index in [1.165, 1.54) is 12.4 Å². The maximum atomic E-state index is 12.7. The van der Waals surface area contributed by atoms with Crippen LogP contribution in [0.2, 0.25) is 0 Å². The van der Waals surface area contributed by atoms with Crippen LogP contribution in [0.5, 0.6) is 0 Å². The molecule has 5 nitrogen and oxygen atoms in total. The van der Waals surface area contributed by atoms with Gasteiger partial charge in [-0.2, -0.15) is 0 Å². The molecule has 0 aliphatic rings. The van der Waals surface area contributed by atoms with Gasteiger partial charge in [0.15, 0.2) is 0 Å². The van der Waals surface area contributed by atoms with Gasteiger partial charge < -0.3 is 11.1 Å². The lowest BCUT2D eigenvalue weighted by Gasteiger charge is -2.13. The van der Waals surface area contributed by atoms with E-state index < -0.39 is 24.9 Å². The van der Waals surface area contributed by atoms with Crippen LogP contribution in [0.3, 0.4) is 0 Å². The predicted molar refractivity (Wildman–Crippen MR) is 67.6 cm³/mol. The lowest BCUT2D eigenvalue weighted by atomic mass is 10.3. The van der Waals surface area contributed by atoms with E-state index in [1.807, 2.05) is 5.32 Å². The van der Waals surface area contributed by atoms with Gasteiger partial charge >= 0.3 is 0 Å². The summed E-state index contributed by atoms with van der Waals surface area (Å²) in [7, 11) is 0. The number of aryl methyl sites for hydroxylation is 1. The van der Waals surface area contributed by atoms with Crippen molar-refractivity contribution in [2.24, 2.45) is 5.73 Å². The minimum atomic E-state index is -3.10. The maximum Gasteiger partial charge on any atom is 0.277 e. The van der Waals surface area contributed by atoms with Crippen LogP contribution in [-0.2, 0) is 0 Å². The van der Waals surface area contributed by atoms with Gasteiger partial charge in [0.25, 0.3) is 11.8 Å². The molecule has 104 valence electrons. The monoisotopic (exact) mass is 302 g/mol. The molecule has 0 aromatic carbocycles. The summed E-state index contributed by atoms with van der Waals surface area (Å²) in [5.74, 6) is -3.80. The van der Waals surface area contributed by atoms with Crippen molar-refractivity contribution in [1.29, 1.82) is 0 Å². The van der Waals surface area contributed by atoms with Crippen LogP contribution >= 0.6 is 24.8 Å². The number of hydrogen-bond acceptors (Lipinski definition) is 4. The van der Waals surface area contributed by atoms with Crippen LogP contribution < -0.4 is 11.1 Å². The first-order chi connectivity index (χ1) is 7.44. The molecule has 0 bridgehead atoms. The molecule has 0 saturated carbocycles. The summed E-state index contributed by atoms with van der Waals surface area (Å²) in [6.07, 6.45) is 2.61. The molecule has 1 aromatic heterocycles. The molecule has 9 heteroatoms. The molecule has 3 N–H and O–H groups in total. The fraction of sp³-hybridized carbons (Fsp3) is 0.444. The molecule has 1 aromatic rings. The molecule has 18 heavy (non-hydrogen) atoms. The first-order valence-electron chi connectivity index (χ1n) is 4.59. The number of aromatic nitrogens is 2. The molecule has 0 saturated heterocycles. The van der Waals surface area contributed by atoms with E-state index in [0.29, 0.717) is 5.69 Å². The highest BCUT2D eigenvalue weighted by atomic mass is 35.5. The number of halogens is 4. The van der Waals surface area contributed by atoms with E-state index in [4.69, 9.17) is 5.73 Å². The van der Waals surface area contributed by atoms with Gasteiger partial charge in [0, 0.05) is 6.20 Å². The van der Waals surface area contributed by atoms with Gasteiger partial charge in [0.2, 0.25) is 0 Å². The smallest absolute Gasteiger partial charge is 0.277 e. The molecule has 1 amide bonds. The van der Waals surface area contributed by atoms with E-state index in [0.717, 1.165) is 0 Å². The highest BCUT2D eigenvalue weighted by molar-refractivity contribution is 5.91. The number of nitrogens with one attached hydrogen (secondary N) is 1. The largest absolute Gasteiger partial charge is 0.345 e. The van der Waals surface area contributed by atoms with E-state index in [-0.39, 0.29) is 30.5 Å². The summed E-state index contributed by atoms with van der Waals surface area (Å²) in [5.41, 5.74) is 5.46. The highest BCUT2D eigenvalue weighted by Crippen LogP contribution is 2.08. The predicted octanol–water partition coefficient (Wildman–Crippen LogP) is 0.952. The standard InChI is InChI=1S/C9H12F2N4O.2ClH/c1-6-2-14-7(3-13-6)8(16)15-5-9(10,11)4-12;;/h2-3H,4-5,12H2,1H3,(H,15,16);2*1H. The third-order valence-corrected chi connectivity index (χ3v) is 1.82. The van der Waals surface area contributed by atoms with Gasteiger partial charge in [-0.15, -0.1) is 24.8 Å². The second-order valence-corrected chi connectivity index (χ2v) is 3.29. The van der Waals surface area contributed by atoms with Crippen LogP contribution in [0.1, 0.15) is 16.2 Å². The van der Waals surface area contributed by atoms with Gasteiger partial charge in [-0.3, -0.25) is 9.78 Å². The van der Waals surface area contributed by atoms with Gasteiger partial charge in [-0.25, -0.2) is 13.8 Å². The minimum absolute atomic E-state index is 0. The van der Waals surface area contributed by atoms with Crippen molar-refractivity contribution in [2.75, 3.05) is 13.1 Å². The van der Waals surface area contributed by atoms with Crippen molar-refractivity contribution >= 4 is 30.7 Å². The minimum Gasteiger partial charge on any atom is -0.345 e. The number of carbonyl (C=O) groups excluding carboxylic acids is 1. The third-order valence-electron chi connectivity index (χ3n) is 1.82. The van der Waals surface area contributed by atoms with Crippen LogP contribution in [-0.4, -0.2) is 34.9 Å². The van der Waals surface area contributed by atoms with Crippen molar-refractivity contribution in [3.8, 4) is 0 Å².